The molecule has 0 aliphatic carbocycles. The molecule has 0 bridgehead atoms. The molecule has 2 aromatic carbocycles. The molecule has 0 saturated carbocycles. The quantitative estimate of drug-likeness (QED) is 0.533. The summed E-state index contributed by atoms with van der Waals surface area (Å²) in [6, 6.07) is 12.5. The van der Waals surface area contributed by atoms with E-state index in [1.807, 2.05) is 12.1 Å². The van der Waals surface area contributed by atoms with E-state index >= 15 is 0 Å². The number of halogens is 1. The monoisotopic (exact) mass is 366 g/mol. The van der Waals surface area contributed by atoms with Gasteiger partial charge in [0.25, 0.3) is 0 Å². The lowest BCUT2D eigenvalue weighted by Crippen LogP contribution is -2.00. The van der Waals surface area contributed by atoms with E-state index in [0.717, 1.165) is 11.5 Å². The number of methoxy groups -OCH3 is 2. The largest absolute Gasteiger partial charge is 0.493 e. The number of thioether (sulfide) groups is 1. The molecule has 1 unspecified atom stereocenters. The number of alkyl halides is 1. The number of hydrogen-bond donors (Lipinski definition) is 0. The second-order valence-electron chi connectivity index (χ2n) is 4.67. The van der Waals surface area contributed by atoms with Gasteiger partial charge in [-0.05, 0) is 48.1 Å². The second kappa shape index (κ2) is 7.23. The third kappa shape index (κ3) is 3.38. The summed E-state index contributed by atoms with van der Waals surface area (Å²) in [5, 5.41) is 0. The second-order valence-corrected chi connectivity index (χ2v) is 6.43. The zero-order valence-corrected chi connectivity index (χ0v) is 15.0. The van der Waals surface area contributed by atoms with Gasteiger partial charge in [-0.25, -0.2) is 0 Å². The molecule has 0 heterocycles. The van der Waals surface area contributed by atoms with Crippen LogP contribution in [0.15, 0.2) is 41.3 Å². The highest BCUT2D eigenvalue weighted by Gasteiger charge is 2.18. The van der Waals surface area contributed by atoms with Crippen LogP contribution in [0.4, 0.5) is 0 Å². The zero-order chi connectivity index (χ0) is 15.4. The molecular weight excluding hydrogens is 348 g/mol. The molecule has 0 radical (unpaired) electrons. The van der Waals surface area contributed by atoms with Crippen LogP contribution in [0.5, 0.6) is 11.5 Å². The smallest absolute Gasteiger partial charge is 0.161 e. The van der Waals surface area contributed by atoms with Gasteiger partial charge < -0.3 is 9.47 Å². The van der Waals surface area contributed by atoms with Gasteiger partial charge in [-0.15, -0.1) is 11.8 Å². The summed E-state index contributed by atoms with van der Waals surface area (Å²) in [5.41, 5.74) is 3.62. The molecule has 2 rings (SSSR count). The van der Waals surface area contributed by atoms with E-state index in [0.29, 0.717) is 0 Å². The number of aryl methyl sites for hydroxylation is 1. The van der Waals surface area contributed by atoms with Gasteiger partial charge in [0, 0.05) is 4.90 Å². The molecule has 112 valence electrons. The Labute approximate surface area is 139 Å². The number of benzene rings is 2. The minimum atomic E-state index is 0.126. The van der Waals surface area contributed by atoms with Crippen molar-refractivity contribution in [2.75, 3.05) is 20.5 Å². The molecule has 0 aliphatic rings. The summed E-state index contributed by atoms with van der Waals surface area (Å²) in [7, 11) is 3.32. The Bertz CT molecular complexity index is 628. The van der Waals surface area contributed by atoms with Crippen LogP contribution < -0.4 is 9.47 Å². The van der Waals surface area contributed by atoms with Crippen molar-refractivity contribution in [2.24, 2.45) is 0 Å². The van der Waals surface area contributed by atoms with E-state index < -0.39 is 0 Å². The van der Waals surface area contributed by atoms with Gasteiger partial charge in [0.1, 0.15) is 0 Å². The lowest BCUT2D eigenvalue weighted by Gasteiger charge is -2.19. The Morgan fingerprint density at radius 2 is 1.62 bits per heavy atom. The fourth-order valence-electron chi connectivity index (χ4n) is 2.31. The first-order chi connectivity index (χ1) is 10.1. The number of ether oxygens (including phenoxy) is 2. The molecule has 0 amide bonds. The van der Waals surface area contributed by atoms with Crippen LogP contribution in [0, 0.1) is 6.92 Å². The van der Waals surface area contributed by atoms with Crippen molar-refractivity contribution in [3.05, 3.63) is 53.1 Å². The number of rotatable bonds is 5. The topological polar surface area (TPSA) is 18.5 Å². The SMILES string of the molecule is COc1cc(C)c(C(Br)c2ccccc2SC)cc1OC. The highest BCUT2D eigenvalue weighted by atomic mass is 79.9. The predicted molar refractivity (Wildman–Crippen MR) is 93.3 cm³/mol. The van der Waals surface area contributed by atoms with Crippen molar-refractivity contribution in [1.29, 1.82) is 0 Å². The highest BCUT2D eigenvalue weighted by molar-refractivity contribution is 9.09. The minimum absolute atomic E-state index is 0.126. The molecule has 2 nitrogen and oxygen atoms in total. The van der Waals surface area contributed by atoms with Crippen LogP contribution in [0.25, 0.3) is 0 Å². The molecule has 2 aromatic rings. The fraction of sp³-hybridized carbons (Fsp3) is 0.294. The first-order valence-corrected chi connectivity index (χ1v) is 8.76. The number of hydrogen-bond acceptors (Lipinski definition) is 3. The molecule has 0 N–H and O–H groups in total. The van der Waals surface area contributed by atoms with Crippen molar-refractivity contribution >= 4 is 27.7 Å². The Kier molecular flexibility index (Phi) is 5.59. The molecule has 4 heteroatoms. The summed E-state index contributed by atoms with van der Waals surface area (Å²) in [4.78, 5) is 1.40. The fourth-order valence-corrected chi connectivity index (χ4v) is 3.99. The van der Waals surface area contributed by atoms with E-state index in [1.54, 1.807) is 26.0 Å². The Morgan fingerprint density at radius 1 is 1.00 bits per heavy atom. The maximum atomic E-state index is 5.42. The van der Waals surface area contributed by atoms with Gasteiger partial charge in [0.2, 0.25) is 0 Å². The maximum absolute atomic E-state index is 5.42. The predicted octanol–water partition coefficient (Wildman–Crippen LogP) is 5.22. The van der Waals surface area contributed by atoms with Crippen LogP contribution in [-0.2, 0) is 0 Å². The van der Waals surface area contributed by atoms with Crippen LogP contribution >= 0.6 is 27.7 Å². The lowest BCUT2D eigenvalue weighted by molar-refractivity contribution is 0.354. The zero-order valence-electron chi connectivity index (χ0n) is 12.6. The van der Waals surface area contributed by atoms with Crippen molar-refractivity contribution < 1.29 is 9.47 Å². The molecule has 1 atom stereocenters. The van der Waals surface area contributed by atoms with Gasteiger partial charge in [0.05, 0.1) is 19.0 Å². The van der Waals surface area contributed by atoms with Crippen LogP contribution in [-0.4, -0.2) is 20.5 Å². The average molecular weight is 367 g/mol. The van der Waals surface area contributed by atoms with Crippen molar-refractivity contribution in [1.82, 2.24) is 0 Å². The minimum Gasteiger partial charge on any atom is -0.493 e. The van der Waals surface area contributed by atoms with Gasteiger partial charge in [-0.2, -0.15) is 0 Å². The van der Waals surface area contributed by atoms with E-state index in [1.165, 1.54) is 21.6 Å². The summed E-state index contributed by atoms with van der Waals surface area (Å²) in [5.74, 6) is 1.51. The molecule has 0 fully saturated rings. The first kappa shape index (κ1) is 16.2. The van der Waals surface area contributed by atoms with Gasteiger partial charge in [-0.1, -0.05) is 34.1 Å². The summed E-state index contributed by atoms with van der Waals surface area (Å²) in [6.45, 7) is 2.09. The first-order valence-electron chi connectivity index (χ1n) is 6.61. The summed E-state index contributed by atoms with van der Waals surface area (Å²) < 4.78 is 10.8. The summed E-state index contributed by atoms with van der Waals surface area (Å²) >= 11 is 5.59. The standard InChI is InChI=1S/C17H19BrO2S/c1-11-9-14(19-2)15(20-3)10-13(11)17(18)12-7-5-6-8-16(12)21-4/h5-10,17H,1-4H3. The molecular formula is C17H19BrO2S. The Balaban J connectivity index is 2.50. The molecule has 0 aliphatic heterocycles. The summed E-state index contributed by atoms with van der Waals surface area (Å²) in [6.07, 6.45) is 2.10. The van der Waals surface area contributed by atoms with E-state index in [2.05, 4.69) is 53.4 Å². The van der Waals surface area contributed by atoms with Crippen LogP contribution in [0.3, 0.4) is 0 Å². The van der Waals surface area contributed by atoms with Crippen LogP contribution in [0.1, 0.15) is 21.5 Å². The third-order valence-electron chi connectivity index (χ3n) is 3.46. The van der Waals surface area contributed by atoms with Gasteiger partial charge in [0.15, 0.2) is 11.5 Å². The highest BCUT2D eigenvalue weighted by Crippen LogP contribution is 2.41. The molecule has 0 spiro atoms. The van der Waals surface area contributed by atoms with Crippen molar-refractivity contribution in [2.45, 2.75) is 16.6 Å². The maximum Gasteiger partial charge on any atom is 0.161 e. The van der Waals surface area contributed by atoms with Gasteiger partial charge in [-0.3, -0.25) is 0 Å². The van der Waals surface area contributed by atoms with Crippen LogP contribution in [0.2, 0.25) is 0 Å². The third-order valence-corrected chi connectivity index (χ3v) is 5.26. The Hall–Kier alpha value is -1.13. The van der Waals surface area contributed by atoms with Crippen molar-refractivity contribution in [3.63, 3.8) is 0 Å². The van der Waals surface area contributed by atoms with Crippen molar-refractivity contribution in [3.8, 4) is 11.5 Å². The Morgan fingerprint density at radius 3 is 2.24 bits per heavy atom. The van der Waals surface area contributed by atoms with E-state index in [9.17, 15) is 0 Å². The molecule has 21 heavy (non-hydrogen) atoms. The normalized spacial score (nSPS) is 12.0. The van der Waals surface area contributed by atoms with E-state index in [-0.39, 0.29) is 4.83 Å². The molecule has 0 saturated heterocycles. The lowest BCUT2D eigenvalue weighted by atomic mass is 9.99. The van der Waals surface area contributed by atoms with E-state index in [4.69, 9.17) is 9.47 Å². The van der Waals surface area contributed by atoms with Gasteiger partial charge >= 0.3 is 0 Å². The average Bonchev–Trinajstić information content (AvgIpc) is 2.53. The molecule has 0 aromatic heterocycles.